The summed E-state index contributed by atoms with van der Waals surface area (Å²) in [5.41, 5.74) is 3.00. The van der Waals surface area contributed by atoms with Crippen molar-refractivity contribution < 1.29 is 19.1 Å². The van der Waals surface area contributed by atoms with Crippen molar-refractivity contribution >= 4 is 34.9 Å². The van der Waals surface area contributed by atoms with E-state index >= 15 is 0 Å². The van der Waals surface area contributed by atoms with Gasteiger partial charge in [-0.3, -0.25) is 9.36 Å². The highest BCUT2D eigenvalue weighted by molar-refractivity contribution is 7.12. The van der Waals surface area contributed by atoms with Crippen molar-refractivity contribution in [3.8, 4) is 16.6 Å². The lowest BCUT2D eigenvalue weighted by atomic mass is 10.2. The van der Waals surface area contributed by atoms with Crippen molar-refractivity contribution in [2.45, 2.75) is 13.8 Å². The molecule has 0 fully saturated rings. The maximum atomic E-state index is 12.6. The molecule has 152 valence electrons. The van der Waals surface area contributed by atoms with Crippen LogP contribution in [0, 0.1) is 13.8 Å². The normalized spacial score (nSPS) is 11.1. The number of ether oxygens (including phenoxy) is 2. The molecular weight excluding hydrogens is 414 g/mol. The second-order valence-corrected chi connectivity index (χ2v) is 7.38. The molecule has 0 bridgehead atoms. The minimum atomic E-state index is -0.181. The number of methoxy groups -OCH3 is 2. The minimum Gasteiger partial charge on any atom is -0.493 e. The number of benzene rings is 1. The van der Waals surface area contributed by atoms with Gasteiger partial charge < -0.3 is 14.3 Å². The van der Waals surface area contributed by atoms with E-state index in [0.29, 0.717) is 27.6 Å². The van der Waals surface area contributed by atoms with Gasteiger partial charge in [-0.2, -0.15) is 0 Å². The molecular formula is C20H20ClN3O4S. The quantitative estimate of drug-likeness (QED) is 0.298. The average molecular weight is 434 g/mol. The van der Waals surface area contributed by atoms with Gasteiger partial charge in [0.15, 0.2) is 23.2 Å². The molecule has 3 aromatic rings. The molecule has 0 spiro atoms. The molecule has 3 rings (SSSR count). The number of rotatable bonds is 8. The number of Topliss-reactive ketones (excluding diaryl/α,β-unsaturated/α-hetero) is 1. The predicted molar refractivity (Wildman–Crippen MR) is 113 cm³/mol. The lowest BCUT2D eigenvalue weighted by Gasteiger charge is -2.09. The van der Waals surface area contributed by atoms with Crippen molar-refractivity contribution in [3.63, 3.8) is 0 Å². The fourth-order valence-electron chi connectivity index (χ4n) is 2.95. The van der Waals surface area contributed by atoms with E-state index in [-0.39, 0.29) is 12.4 Å². The zero-order chi connectivity index (χ0) is 21.0. The first-order valence-electron chi connectivity index (χ1n) is 8.65. The molecule has 0 aliphatic carbocycles. The highest BCUT2D eigenvalue weighted by Gasteiger charge is 2.18. The Bertz CT molecular complexity index is 1040. The van der Waals surface area contributed by atoms with E-state index in [1.165, 1.54) is 31.8 Å². The molecule has 1 aromatic carbocycles. The van der Waals surface area contributed by atoms with Crippen molar-refractivity contribution in [2.75, 3.05) is 20.8 Å². The molecule has 9 heteroatoms. The summed E-state index contributed by atoms with van der Waals surface area (Å²) in [4.78, 5) is 22.1. The van der Waals surface area contributed by atoms with Gasteiger partial charge in [0.25, 0.3) is 0 Å². The fourth-order valence-corrected chi connectivity index (χ4v) is 4.00. The van der Waals surface area contributed by atoms with Gasteiger partial charge in [-0.1, -0.05) is 16.8 Å². The van der Waals surface area contributed by atoms with Gasteiger partial charge in [-0.05, 0) is 32.0 Å². The summed E-state index contributed by atoms with van der Waals surface area (Å²) < 4.78 is 12.4. The SMILES string of the molecule is COc1cc(/C=N/OCC(=O)c2cc(C)n(-c3nccs3)c2C)cc(Cl)c1OC. The highest BCUT2D eigenvalue weighted by atomic mass is 35.5. The lowest BCUT2D eigenvalue weighted by Crippen LogP contribution is -2.08. The third kappa shape index (κ3) is 4.44. The number of halogens is 1. The van der Waals surface area contributed by atoms with E-state index < -0.39 is 0 Å². The summed E-state index contributed by atoms with van der Waals surface area (Å²) in [6, 6.07) is 5.21. The summed E-state index contributed by atoms with van der Waals surface area (Å²) >= 11 is 7.68. The van der Waals surface area contributed by atoms with Crippen LogP contribution in [0.4, 0.5) is 0 Å². The molecule has 0 saturated heterocycles. The smallest absolute Gasteiger partial charge is 0.204 e. The first kappa shape index (κ1) is 20.9. The van der Waals surface area contributed by atoms with Gasteiger partial charge in [0.05, 0.1) is 25.5 Å². The van der Waals surface area contributed by atoms with Gasteiger partial charge in [0.2, 0.25) is 5.78 Å². The van der Waals surface area contributed by atoms with Crippen LogP contribution >= 0.6 is 22.9 Å². The maximum absolute atomic E-state index is 12.6. The number of aromatic nitrogens is 2. The number of thiazole rings is 1. The van der Waals surface area contributed by atoms with Crippen LogP contribution in [-0.2, 0) is 4.84 Å². The van der Waals surface area contributed by atoms with Crippen LogP contribution in [0.5, 0.6) is 11.5 Å². The summed E-state index contributed by atoms with van der Waals surface area (Å²) in [7, 11) is 3.03. The standard InChI is InChI=1S/C20H20ClN3O4S/c1-12-7-15(13(2)24(12)20-22-5-6-29-20)17(25)11-28-23-10-14-8-16(21)19(27-4)18(9-14)26-3/h5-10H,11H2,1-4H3/b23-10+. The summed E-state index contributed by atoms with van der Waals surface area (Å²) in [5, 5.41) is 6.98. The van der Waals surface area contributed by atoms with E-state index in [0.717, 1.165) is 16.5 Å². The minimum absolute atomic E-state index is 0.164. The Kier molecular flexibility index (Phi) is 6.56. The maximum Gasteiger partial charge on any atom is 0.204 e. The van der Waals surface area contributed by atoms with E-state index in [1.54, 1.807) is 18.3 Å². The number of carbonyl (C=O) groups is 1. The largest absolute Gasteiger partial charge is 0.493 e. The first-order valence-corrected chi connectivity index (χ1v) is 9.90. The molecule has 0 aliphatic rings. The summed E-state index contributed by atoms with van der Waals surface area (Å²) in [6.07, 6.45) is 3.19. The summed E-state index contributed by atoms with van der Waals surface area (Å²) in [6.45, 7) is 3.64. The third-order valence-corrected chi connectivity index (χ3v) is 5.31. The molecule has 29 heavy (non-hydrogen) atoms. The molecule has 0 N–H and O–H groups in total. The third-order valence-electron chi connectivity index (χ3n) is 4.27. The Labute approximate surface area is 177 Å². The van der Waals surface area contributed by atoms with Gasteiger partial charge in [-0.25, -0.2) is 4.98 Å². The number of aryl methyl sites for hydroxylation is 1. The van der Waals surface area contributed by atoms with Crippen LogP contribution in [0.25, 0.3) is 5.13 Å². The molecule has 0 saturated carbocycles. The Morgan fingerprint density at radius 1 is 1.28 bits per heavy atom. The zero-order valence-electron chi connectivity index (χ0n) is 16.4. The van der Waals surface area contributed by atoms with Gasteiger partial charge in [0, 0.05) is 34.1 Å². The van der Waals surface area contributed by atoms with E-state index in [2.05, 4.69) is 10.1 Å². The van der Waals surface area contributed by atoms with Gasteiger partial charge >= 0.3 is 0 Å². The van der Waals surface area contributed by atoms with Crippen LogP contribution in [0.2, 0.25) is 5.02 Å². The van der Waals surface area contributed by atoms with Gasteiger partial charge in [-0.15, -0.1) is 11.3 Å². The van der Waals surface area contributed by atoms with E-state index in [4.69, 9.17) is 25.9 Å². The molecule has 2 aromatic heterocycles. The average Bonchev–Trinajstić information content (AvgIpc) is 3.32. The van der Waals surface area contributed by atoms with Crippen LogP contribution < -0.4 is 9.47 Å². The van der Waals surface area contributed by atoms with Crippen molar-refractivity contribution in [3.05, 3.63) is 57.3 Å². The Balaban J connectivity index is 1.68. The Morgan fingerprint density at radius 3 is 2.72 bits per heavy atom. The van der Waals surface area contributed by atoms with Crippen LogP contribution in [-0.4, -0.2) is 42.4 Å². The fraction of sp³-hybridized carbons (Fsp3) is 0.250. The molecule has 0 radical (unpaired) electrons. The number of carbonyl (C=O) groups excluding carboxylic acids is 1. The monoisotopic (exact) mass is 433 g/mol. The van der Waals surface area contributed by atoms with Crippen LogP contribution in [0.15, 0.2) is 34.9 Å². The Hall–Kier alpha value is -2.84. The molecule has 0 amide bonds. The molecule has 0 atom stereocenters. The van der Waals surface area contributed by atoms with E-state index in [1.807, 2.05) is 29.9 Å². The molecule has 0 aliphatic heterocycles. The number of oxime groups is 1. The van der Waals surface area contributed by atoms with Crippen LogP contribution in [0.3, 0.4) is 0 Å². The predicted octanol–water partition coefficient (Wildman–Crippen LogP) is 4.45. The van der Waals surface area contributed by atoms with Crippen LogP contribution in [0.1, 0.15) is 27.3 Å². The molecule has 2 heterocycles. The zero-order valence-corrected chi connectivity index (χ0v) is 18.0. The topological polar surface area (TPSA) is 74.9 Å². The first-order chi connectivity index (χ1) is 14.0. The lowest BCUT2D eigenvalue weighted by molar-refractivity contribution is 0.0778. The highest BCUT2D eigenvalue weighted by Crippen LogP contribution is 2.35. The number of hydrogen-bond acceptors (Lipinski definition) is 7. The van der Waals surface area contributed by atoms with Crippen molar-refractivity contribution in [2.24, 2.45) is 5.16 Å². The number of nitrogens with zero attached hydrogens (tertiary/aromatic N) is 3. The summed E-state index contributed by atoms with van der Waals surface area (Å²) in [5.74, 6) is 0.758. The number of hydrogen-bond donors (Lipinski definition) is 0. The Morgan fingerprint density at radius 2 is 2.07 bits per heavy atom. The number of ketones is 1. The van der Waals surface area contributed by atoms with Crippen molar-refractivity contribution in [1.29, 1.82) is 0 Å². The van der Waals surface area contributed by atoms with E-state index in [9.17, 15) is 4.79 Å². The second-order valence-electron chi connectivity index (χ2n) is 6.10. The van der Waals surface area contributed by atoms with Crippen molar-refractivity contribution in [1.82, 2.24) is 9.55 Å². The second kappa shape index (κ2) is 9.11. The van der Waals surface area contributed by atoms with Gasteiger partial charge in [0.1, 0.15) is 0 Å². The molecule has 7 nitrogen and oxygen atoms in total. The molecule has 0 unspecified atom stereocenters.